The van der Waals surface area contributed by atoms with E-state index in [9.17, 15) is 4.79 Å². The summed E-state index contributed by atoms with van der Waals surface area (Å²) >= 11 is 1.40. The Morgan fingerprint density at radius 2 is 2.00 bits per heavy atom. The van der Waals surface area contributed by atoms with Gasteiger partial charge in [0.2, 0.25) is 11.1 Å². The number of rotatable bonds is 9. The van der Waals surface area contributed by atoms with Crippen LogP contribution in [0.1, 0.15) is 63.4 Å². The maximum atomic E-state index is 12.5. The molecule has 6 heteroatoms. The highest BCUT2D eigenvalue weighted by atomic mass is 32.2. The van der Waals surface area contributed by atoms with Crippen LogP contribution in [0.25, 0.3) is 0 Å². The van der Waals surface area contributed by atoms with Gasteiger partial charge in [0.1, 0.15) is 5.82 Å². The van der Waals surface area contributed by atoms with Crippen LogP contribution in [0.2, 0.25) is 0 Å². The minimum Gasteiger partial charge on any atom is -0.349 e. The Hall–Kier alpha value is -1.82. The van der Waals surface area contributed by atoms with E-state index in [1.165, 1.54) is 37.4 Å². The molecule has 1 atom stereocenters. The van der Waals surface area contributed by atoms with E-state index in [0.29, 0.717) is 16.8 Å². The molecule has 1 fully saturated rings. The third-order valence-electron chi connectivity index (χ3n) is 5.04. The summed E-state index contributed by atoms with van der Waals surface area (Å²) in [6.07, 6.45) is 7.15. The van der Waals surface area contributed by atoms with Gasteiger partial charge in [0, 0.05) is 6.42 Å². The number of nitrogens with one attached hydrogen (secondary N) is 2. The molecule has 1 aliphatic carbocycles. The number of hydrogen-bond acceptors (Lipinski definition) is 4. The number of carbonyl (C=O) groups is 1. The van der Waals surface area contributed by atoms with Gasteiger partial charge in [-0.1, -0.05) is 81.6 Å². The summed E-state index contributed by atoms with van der Waals surface area (Å²) in [4.78, 5) is 17.0. The molecule has 0 spiro atoms. The number of aromatic amines is 1. The number of benzene rings is 1. The first-order chi connectivity index (χ1) is 13.1. The van der Waals surface area contributed by atoms with Crippen LogP contribution in [0.4, 0.5) is 0 Å². The second-order valence-electron chi connectivity index (χ2n) is 7.87. The molecule has 1 saturated carbocycles. The monoisotopic (exact) mass is 386 g/mol. The number of nitrogens with zero attached hydrogens (tertiary/aromatic N) is 2. The molecule has 3 rings (SSSR count). The van der Waals surface area contributed by atoms with Crippen LogP contribution >= 0.6 is 11.8 Å². The summed E-state index contributed by atoms with van der Waals surface area (Å²) < 4.78 is 0. The molecule has 0 aliphatic heterocycles. The molecular weight excluding hydrogens is 356 g/mol. The summed E-state index contributed by atoms with van der Waals surface area (Å²) in [5, 5.41) is 11.1. The molecule has 27 heavy (non-hydrogen) atoms. The van der Waals surface area contributed by atoms with Crippen molar-refractivity contribution in [1.29, 1.82) is 0 Å². The fraction of sp³-hybridized carbons (Fsp3) is 0.571. The Morgan fingerprint density at radius 3 is 2.70 bits per heavy atom. The molecular formula is C21H30N4OS. The van der Waals surface area contributed by atoms with Gasteiger partial charge in [-0.3, -0.25) is 9.89 Å². The Labute approximate surface area is 166 Å². The second kappa shape index (κ2) is 9.93. The number of thioether (sulfide) groups is 1. The van der Waals surface area contributed by atoms with Crippen LogP contribution in [0.5, 0.6) is 0 Å². The zero-order valence-corrected chi connectivity index (χ0v) is 17.1. The molecule has 0 radical (unpaired) electrons. The summed E-state index contributed by atoms with van der Waals surface area (Å²) in [5.74, 6) is 2.56. The van der Waals surface area contributed by atoms with Crippen molar-refractivity contribution in [3.8, 4) is 0 Å². The van der Waals surface area contributed by atoms with Gasteiger partial charge in [0.05, 0.1) is 11.8 Å². The third-order valence-corrected chi connectivity index (χ3v) is 5.89. The van der Waals surface area contributed by atoms with E-state index < -0.39 is 0 Å². The van der Waals surface area contributed by atoms with Crippen molar-refractivity contribution in [1.82, 2.24) is 20.5 Å². The molecule has 1 aromatic carbocycles. The molecule has 2 N–H and O–H groups in total. The molecule has 2 aromatic rings. The van der Waals surface area contributed by atoms with Crippen molar-refractivity contribution < 1.29 is 4.79 Å². The average molecular weight is 387 g/mol. The molecule has 0 bridgehead atoms. The first-order valence-corrected chi connectivity index (χ1v) is 11.0. The second-order valence-corrected chi connectivity index (χ2v) is 8.81. The van der Waals surface area contributed by atoms with Crippen LogP contribution in [-0.4, -0.2) is 26.8 Å². The SMILES string of the molecule is CC(C)CC(NC(=O)CSc1n[nH]c(CC2CCCC2)n1)c1ccccc1. The highest BCUT2D eigenvalue weighted by molar-refractivity contribution is 7.99. The summed E-state index contributed by atoms with van der Waals surface area (Å²) in [6, 6.07) is 10.2. The van der Waals surface area contributed by atoms with E-state index in [0.717, 1.165) is 30.1 Å². The Bertz CT molecular complexity index is 710. The number of aromatic nitrogens is 3. The smallest absolute Gasteiger partial charge is 0.230 e. The number of H-pyrrole nitrogens is 1. The minimum atomic E-state index is 0.0247. The maximum Gasteiger partial charge on any atom is 0.230 e. The lowest BCUT2D eigenvalue weighted by Crippen LogP contribution is -2.30. The molecule has 1 aliphatic rings. The Balaban J connectivity index is 1.49. The molecule has 1 heterocycles. The van der Waals surface area contributed by atoms with Crippen molar-refractivity contribution in [2.24, 2.45) is 11.8 Å². The van der Waals surface area contributed by atoms with Crippen LogP contribution in [-0.2, 0) is 11.2 Å². The zero-order valence-electron chi connectivity index (χ0n) is 16.3. The van der Waals surface area contributed by atoms with Crippen molar-refractivity contribution in [3.05, 3.63) is 41.7 Å². The fourth-order valence-electron chi connectivity index (χ4n) is 3.72. The van der Waals surface area contributed by atoms with E-state index in [4.69, 9.17) is 0 Å². The first kappa shape index (κ1) is 19.9. The average Bonchev–Trinajstić information content (AvgIpc) is 3.32. The largest absolute Gasteiger partial charge is 0.349 e. The summed E-state index contributed by atoms with van der Waals surface area (Å²) in [7, 11) is 0. The van der Waals surface area contributed by atoms with Gasteiger partial charge in [-0.15, -0.1) is 5.10 Å². The van der Waals surface area contributed by atoms with E-state index in [1.54, 1.807) is 0 Å². The Kier molecular flexibility index (Phi) is 7.33. The van der Waals surface area contributed by atoms with Gasteiger partial charge in [-0.05, 0) is 23.8 Å². The molecule has 1 aromatic heterocycles. The van der Waals surface area contributed by atoms with Crippen LogP contribution in [0.3, 0.4) is 0 Å². The standard InChI is InChI=1S/C21H30N4OS/c1-15(2)12-18(17-10-4-3-5-11-17)22-20(26)14-27-21-23-19(24-25-21)13-16-8-6-7-9-16/h3-5,10-11,15-16,18H,6-9,12-14H2,1-2H3,(H,22,26)(H,23,24,25). The lowest BCUT2D eigenvalue weighted by Gasteiger charge is -2.21. The van der Waals surface area contributed by atoms with E-state index in [2.05, 4.69) is 46.5 Å². The Morgan fingerprint density at radius 1 is 1.26 bits per heavy atom. The van der Waals surface area contributed by atoms with Gasteiger partial charge >= 0.3 is 0 Å². The molecule has 1 unspecified atom stereocenters. The van der Waals surface area contributed by atoms with Crippen molar-refractivity contribution >= 4 is 17.7 Å². The maximum absolute atomic E-state index is 12.5. The van der Waals surface area contributed by atoms with Gasteiger partial charge in [-0.2, -0.15) is 0 Å². The van der Waals surface area contributed by atoms with E-state index in [1.807, 2.05) is 18.2 Å². The minimum absolute atomic E-state index is 0.0247. The van der Waals surface area contributed by atoms with Gasteiger partial charge < -0.3 is 5.32 Å². The topological polar surface area (TPSA) is 70.7 Å². The van der Waals surface area contributed by atoms with Crippen molar-refractivity contribution in [2.45, 2.75) is 63.6 Å². The quantitative estimate of drug-likeness (QED) is 0.621. The van der Waals surface area contributed by atoms with Gasteiger partial charge in [0.25, 0.3) is 0 Å². The number of amides is 1. The first-order valence-electron chi connectivity index (χ1n) is 9.98. The lowest BCUT2D eigenvalue weighted by molar-refractivity contribution is -0.119. The zero-order chi connectivity index (χ0) is 19.1. The molecule has 146 valence electrons. The van der Waals surface area contributed by atoms with Crippen LogP contribution < -0.4 is 5.32 Å². The third kappa shape index (κ3) is 6.38. The fourth-order valence-corrected chi connectivity index (χ4v) is 4.35. The predicted octanol–water partition coefficient (Wildman–Crippen LogP) is 4.53. The van der Waals surface area contributed by atoms with Crippen LogP contribution in [0, 0.1) is 11.8 Å². The number of carbonyl (C=O) groups excluding carboxylic acids is 1. The lowest BCUT2D eigenvalue weighted by atomic mass is 9.97. The number of hydrogen-bond donors (Lipinski definition) is 2. The van der Waals surface area contributed by atoms with E-state index >= 15 is 0 Å². The van der Waals surface area contributed by atoms with Gasteiger partial charge in [-0.25, -0.2) is 4.98 Å². The molecule has 5 nitrogen and oxygen atoms in total. The normalized spacial score (nSPS) is 16.0. The molecule has 0 saturated heterocycles. The van der Waals surface area contributed by atoms with Crippen LogP contribution in [0.15, 0.2) is 35.5 Å². The summed E-state index contributed by atoms with van der Waals surface area (Å²) in [5.41, 5.74) is 1.15. The van der Waals surface area contributed by atoms with Crippen molar-refractivity contribution in [2.75, 3.05) is 5.75 Å². The van der Waals surface area contributed by atoms with E-state index in [-0.39, 0.29) is 11.9 Å². The highest BCUT2D eigenvalue weighted by Crippen LogP contribution is 2.27. The van der Waals surface area contributed by atoms with Gasteiger partial charge in [0.15, 0.2) is 0 Å². The highest BCUT2D eigenvalue weighted by Gasteiger charge is 2.19. The molecule has 1 amide bonds. The predicted molar refractivity (Wildman–Crippen MR) is 110 cm³/mol. The summed E-state index contributed by atoms with van der Waals surface area (Å²) in [6.45, 7) is 4.35. The van der Waals surface area contributed by atoms with Crippen molar-refractivity contribution in [3.63, 3.8) is 0 Å².